The van der Waals surface area contributed by atoms with Crippen molar-refractivity contribution in [3.8, 4) is 5.75 Å². The van der Waals surface area contributed by atoms with E-state index in [9.17, 15) is 13.2 Å². The van der Waals surface area contributed by atoms with E-state index < -0.39 is 10.0 Å². The summed E-state index contributed by atoms with van der Waals surface area (Å²) >= 11 is 6.05. The van der Waals surface area contributed by atoms with Gasteiger partial charge in [0.05, 0.1) is 16.5 Å². The van der Waals surface area contributed by atoms with Gasteiger partial charge < -0.3 is 14.8 Å². The predicted octanol–water partition coefficient (Wildman–Crippen LogP) is 1.95. The third kappa shape index (κ3) is 8.04. The summed E-state index contributed by atoms with van der Waals surface area (Å²) in [6, 6.07) is 4.08. The fourth-order valence-corrected chi connectivity index (χ4v) is 3.26. The normalized spacial score (nSPS) is 11.3. The summed E-state index contributed by atoms with van der Waals surface area (Å²) in [5, 5.41) is 2.87. The highest BCUT2D eigenvalue weighted by Crippen LogP contribution is 2.27. The molecule has 0 radical (unpaired) electrons. The summed E-state index contributed by atoms with van der Waals surface area (Å²) in [5.74, 6) is 0.00585. The summed E-state index contributed by atoms with van der Waals surface area (Å²) in [5.41, 5.74) is 0. The molecule has 0 unspecified atom stereocenters. The number of hydrogen-bond acceptors (Lipinski definition) is 5. The minimum Gasteiger partial charge on any atom is -0.482 e. The maximum Gasteiger partial charge on any atom is 0.257 e. The lowest BCUT2D eigenvalue weighted by Crippen LogP contribution is -2.29. The Morgan fingerprint density at radius 2 is 2.00 bits per heavy atom. The van der Waals surface area contributed by atoms with E-state index in [1.54, 1.807) is 0 Å². The second-order valence-corrected chi connectivity index (χ2v) is 7.50. The van der Waals surface area contributed by atoms with Crippen LogP contribution in [0.15, 0.2) is 23.1 Å². The molecule has 25 heavy (non-hydrogen) atoms. The molecule has 0 spiro atoms. The van der Waals surface area contributed by atoms with E-state index in [2.05, 4.69) is 17.0 Å². The predicted molar refractivity (Wildman–Crippen MR) is 96.5 cm³/mol. The zero-order chi connectivity index (χ0) is 18.7. The lowest BCUT2D eigenvalue weighted by Gasteiger charge is -2.11. The van der Waals surface area contributed by atoms with Gasteiger partial charge in [-0.1, -0.05) is 31.4 Å². The maximum atomic E-state index is 12.1. The number of methoxy groups -OCH3 is 1. The molecule has 1 rings (SSSR count). The number of unbranched alkanes of at least 4 members (excludes halogenated alkanes) is 2. The first kappa shape index (κ1) is 21.7. The van der Waals surface area contributed by atoms with Gasteiger partial charge in [0.25, 0.3) is 5.91 Å². The van der Waals surface area contributed by atoms with E-state index in [-0.39, 0.29) is 41.3 Å². The molecule has 0 saturated heterocycles. The number of nitrogens with one attached hydrogen (secondary N) is 2. The Kier molecular flexibility index (Phi) is 9.81. The van der Waals surface area contributed by atoms with E-state index in [0.29, 0.717) is 6.54 Å². The van der Waals surface area contributed by atoms with Crippen molar-refractivity contribution in [3.05, 3.63) is 23.2 Å². The summed E-state index contributed by atoms with van der Waals surface area (Å²) in [7, 11) is -2.19. The van der Waals surface area contributed by atoms with Crippen LogP contribution in [0.2, 0.25) is 5.02 Å². The minimum absolute atomic E-state index is 0.0185. The molecule has 0 aromatic heterocycles. The first-order valence-corrected chi connectivity index (χ1v) is 9.94. The molecule has 0 bridgehead atoms. The average Bonchev–Trinajstić information content (AvgIpc) is 2.57. The Morgan fingerprint density at radius 3 is 2.64 bits per heavy atom. The lowest BCUT2D eigenvalue weighted by molar-refractivity contribution is -0.123. The van der Waals surface area contributed by atoms with Gasteiger partial charge in [-0.25, -0.2) is 13.1 Å². The molecular formula is C16H25ClN2O5S. The topological polar surface area (TPSA) is 93.7 Å². The number of carbonyl (C=O) groups is 1. The maximum absolute atomic E-state index is 12.1. The van der Waals surface area contributed by atoms with Crippen molar-refractivity contribution in [2.75, 3.05) is 33.4 Å². The van der Waals surface area contributed by atoms with Crippen molar-refractivity contribution in [2.24, 2.45) is 0 Å². The van der Waals surface area contributed by atoms with Crippen LogP contribution < -0.4 is 14.8 Å². The standard InChI is InChI=1S/C16H25ClN2O5S/c1-3-4-5-8-18-16(20)12-24-15-7-6-13(11-14(15)17)25(21,22)19-9-10-23-2/h6-7,11,19H,3-5,8-10,12H2,1-2H3,(H,18,20). The molecule has 1 aromatic rings. The Hall–Kier alpha value is -1.35. The zero-order valence-corrected chi connectivity index (χ0v) is 16.1. The molecule has 142 valence electrons. The Balaban J connectivity index is 2.56. The second-order valence-electron chi connectivity index (χ2n) is 5.33. The smallest absolute Gasteiger partial charge is 0.257 e. The minimum atomic E-state index is -3.67. The summed E-state index contributed by atoms with van der Waals surface area (Å²) in [6.07, 6.45) is 3.06. The van der Waals surface area contributed by atoms with E-state index in [4.69, 9.17) is 21.1 Å². The van der Waals surface area contributed by atoms with Gasteiger partial charge >= 0.3 is 0 Å². The second kappa shape index (κ2) is 11.3. The summed E-state index contributed by atoms with van der Waals surface area (Å²) in [4.78, 5) is 11.7. The van der Waals surface area contributed by atoms with E-state index in [1.165, 1.54) is 25.3 Å². The van der Waals surface area contributed by atoms with Gasteiger partial charge in [0.2, 0.25) is 10.0 Å². The summed E-state index contributed by atoms with van der Waals surface area (Å²) < 4.78 is 36.7. The van der Waals surface area contributed by atoms with E-state index in [0.717, 1.165) is 19.3 Å². The van der Waals surface area contributed by atoms with Crippen LogP contribution in [0.25, 0.3) is 0 Å². The number of ether oxygens (including phenoxy) is 2. The van der Waals surface area contributed by atoms with Crippen LogP contribution >= 0.6 is 11.6 Å². The molecule has 0 saturated carbocycles. The molecule has 0 aliphatic carbocycles. The van der Waals surface area contributed by atoms with Crippen molar-refractivity contribution in [2.45, 2.75) is 31.1 Å². The van der Waals surface area contributed by atoms with Gasteiger partial charge in [-0.2, -0.15) is 0 Å². The molecule has 9 heteroatoms. The van der Waals surface area contributed by atoms with Gasteiger partial charge in [-0.05, 0) is 24.6 Å². The largest absolute Gasteiger partial charge is 0.482 e. The number of amides is 1. The molecule has 7 nitrogen and oxygen atoms in total. The molecule has 1 aromatic carbocycles. The summed E-state index contributed by atoms with van der Waals surface area (Å²) in [6.45, 7) is 2.94. The number of sulfonamides is 1. The highest BCUT2D eigenvalue weighted by molar-refractivity contribution is 7.89. The van der Waals surface area contributed by atoms with Crippen LogP contribution in [0.1, 0.15) is 26.2 Å². The number of benzene rings is 1. The van der Waals surface area contributed by atoms with E-state index >= 15 is 0 Å². The fourth-order valence-electron chi connectivity index (χ4n) is 1.92. The highest BCUT2D eigenvalue weighted by atomic mass is 35.5. The number of rotatable bonds is 12. The third-order valence-electron chi connectivity index (χ3n) is 3.27. The monoisotopic (exact) mass is 392 g/mol. The number of hydrogen-bond donors (Lipinski definition) is 2. The van der Waals surface area contributed by atoms with Crippen LogP contribution in [0.3, 0.4) is 0 Å². The molecule has 0 aliphatic rings. The van der Waals surface area contributed by atoms with Crippen LogP contribution in [0, 0.1) is 0 Å². The quantitative estimate of drug-likeness (QED) is 0.530. The molecule has 0 aliphatic heterocycles. The number of halogens is 1. The van der Waals surface area contributed by atoms with Crippen LogP contribution in [-0.4, -0.2) is 47.7 Å². The van der Waals surface area contributed by atoms with Gasteiger partial charge in [0.15, 0.2) is 6.61 Å². The molecular weight excluding hydrogens is 368 g/mol. The fraction of sp³-hybridized carbons (Fsp3) is 0.562. The Morgan fingerprint density at radius 1 is 1.24 bits per heavy atom. The van der Waals surface area contributed by atoms with Gasteiger partial charge in [-0.15, -0.1) is 0 Å². The molecule has 2 N–H and O–H groups in total. The Bertz CT molecular complexity index is 652. The Labute approximate surface area is 154 Å². The number of carbonyl (C=O) groups excluding carboxylic acids is 1. The van der Waals surface area contributed by atoms with Crippen LogP contribution in [0.4, 0.5) is 0 Å². The molecule has 0 heterocycles. The SMILES string of the molecule is CCCCCNC(=O)COc1ccc(S(=O)(=O)NCCOC)cc1Cl. The van der Waals surface area contributed by atoms with Crippen molar-refractivity contribution in [3.63, 3.8) is 0 Å². The third-order valence-corrected chi connectivity index (χ3v) is 5.03. The van der Waals surface area contributed by atoms with Crippen molar-refractivity contribution < 1.29 is 22.7 Å². The van der Waals surface area contributed by atoms with Crippen molar-refractivity contribution in [1.29, 1.82) is 0 Å². The van der Waals surface area contributed by atoms with Gasteiger partial charge in [-0.3, -0.25) is 4.79 Å². The molecule has 1 amide bonds. The van der Waals surface area contributed by atoms with Gasteiger partial charge in [0.1, 0.15) is 5.75 Å². The molecule has 0 fully saturated rings. The average molecular weight is 393 g/mol. The van der Waals surface area contributed by atoms with Crippen LogP contribution in [-0.2, 0) is 19.6 Å². The zero-order valence-electron chi connectivity index (χ0n) is 14.5. The molecule has 0 atom stereocenters. The first-order valence-electron chi connectivity index (χ1n) is 8.08. The highest BCUT2D eigenvalue weighted by Gasteiger charge is 2.16. The van der Waals surface area contributed by atoms with Gasteiger partial charge in [0, 0.05) is 20.2 Å². The van der Waals surface area contributed by atoms with Crippen molar-refractivity contribution in [1.82, 2.24) is 10.0 Å². The van der Waals surface area contributed by atoms with Crippen molar-refractivity contribution >= 4 is 27.5 Å². The van der Waals surface area contributed by atoms with Crippen LogP contribution in [0.5, 0.6) is 5.75 Å². The lowest BCUT2D eigenvalue weighted by atomic mass is 10.2. The first-order chi connectivity index (χ1) is 11.9. The van der Waals surface area contributed by atoms with E-state index in [1.807, 2.05) is 0 Å².